The second kappa shape index (κ2) is 10.5. The van der Waals surface area contributed by atoms with Crippen molar-refractivity contribution in [1.29, 1.82) is 0 Å². The molecule has 0 aromatic carbocycles. The first-order valence-corrected chi connectivity index (χ1v) is 17.0. The van der Waals surface area contributed by atoms with Crippen LogP contribution in [0.2, 0.25) is 0 Å². The van der Waals surface area contributed by atoms with E-state index in [-0.39, 0.29) is 35.6 Å². The van der Waals surface area contributed by atoms with Crippen molar-refractivity contribution in [2.75, 3.05) is 6.61 Å². The zero-order chi connectivity index (χ0) is 27.5. The molecule has 5 aliphatic rings. The SMILES string of the molecule is CC[C@@H]1C2C[C@H](O)CCC2(C)[C@H]2CC[C@]3(C)[C@@H]([C@H](C)CCOC(=O)NS(=O)(=O)C4CCC4)CC[C@H]3[C@@H]2[C@@H]1O. The Morgan fingerprint density at radius 1 is 1.00 bits per heavy atom. The van der Waals surface area contributed by atoms with Crippen molar-refractivity contribution in [2.24, 2.45) is 52.3 Å². The van der Waals surface area contributed by atoms with Crippen LogP contribution in [0.3, 0.4) is 0 Å². The van der Waals surface area contributed by atoms with E-state index in [1.807, 2.05) is 0 Å². The van der Waals surface area contributed by atoms with Crippen LogP contribution in [0.1, 0.15) is 105 Å². The monoisotopic (exact) mass is 553 g/mol. The molecular weight excluding hydrogens is 502 g/mol. The number of fused-ring (bicyclic) bond motifs is 5. The molecule has 1 amide bonds. The molecule has 2 unspecified atom stereocenters. The van der Waals surface area contributed by atoms with Crippen molar-refractivity contribution in [3.05, 3.63) is 0 Å². The maximum absolute atomic E-state index is 12.2. The van der Waals surface area contributed by atoms with Gasteiger partial charge >= 0.3 is 6.09 Å². The van der Waals surface area contributed by atoms with Crippen molar-refractivity contribution >= 4 is 16.1 Å². The number of ether oxygens (including phenoxy) is 1. The summed E-state index contributed by atoms with van der Waals surface area (Å²) in [6.45, 7) is 9.61. The molecule has 8 heteroatoms. The maximum atomic E-state index is 12.2. The van der Waals surface area contributed by atoms with E-state index in [1.165, 1.54) is 6.42 Å². The Labute approximate surface area is 229 Å². The van der Waals surface area contributed by atoms with Gasteiger partial charge in [-0.1, -0.05) is 40.5 Å². The van der Waals surface area contributed by atoms with Gasteiger partial charge in [-0.25, -0.2) is 17.9 Å². The Morgan fingerprint density at radius 3 is 2.34 bits per heavy atom. The smallest absolute Gasteiger partial charge is 0.420 e. The highest BCUT2D eigenvalue weighted by Gasteiger charge is 2.64. The van der Waals surface area contributed by atoms with Crippen LogP contribution in [0.15, 0.2) is 0 Å². The zero-order valence-electron chi connectivity index (χ0n) is 23.9. The number of aliphatic hydroxyl groups is 2. The number of carbonyl (C=O) groups excluding carboxylic acids is 1. The number of hydrogen-bond acceptors (Lipinski definition) is 6. The van der Waals surface area contributed by atoms with Crippen LogP contribution in [-0.4, -0.2) is 48.8 Å². The van der Waals surface area contributed by atoms with Gasteiger partial charge in [-0.05, 0) is 116 Å². The zero-order valence-corrected chi connectivity index (χ0v) is 24.7. The van der Waals surface area contributed by atoms with Crippen LogP contribution in [-0.2, 0) is 14.8 Å². The molecule has 0 saturated heterocycles. The number of rotatable bonds is 7. The summed E-state index contributed by atoms with van der Waals surface area (Å²) in [4.78, 5) is 12.2. The molecule has 0 aromatic rings. The van der Waals surface area contributed by atoms with Gasteiger partial charge in [-0.2, -0.15) is 0 Å². The molecule has 0 aliphatic heterocycles. The second-order valence-corrected chi connectivity index (χ2v) is 16.2. The van der Waals surface area contributed by atoms with Crippen LogP contribution in [0, 0.1) is 52.3 Å². The highest BCUT2D eigenvalue weighted by molar-refractivity contribution is 7.90. The number of carbonyl (C=O) groups is 1. The average Bonchev–Trinajstić information content (AvgIpc) is 3.15. The Kier molecular flexibility index (Phi) is 7.93. The molecule has 0 radical (unpaired) electrons. The number of sulfonamides is 1. The van der Waals surface area contributed by atoms with Crippen LogP contribution >= 0.6 is 0 Å². The van der Waals surface area contributed by atoms with Crippen LogP contribution in [0.25, 0.3) is 0 Å². The molecule has 11 atom stereocenters. The number of aliphatic hydroxyl groups excluding tert-OH is 2. The first-order chi connectivity index (χ1) is 17.9. The summed E-state index contributed by atoms with van der Waals surface area (Å²) >= 11 is 0. The summed E-state index contributed by atoms with van der Waals surface area (Å²) in [7, 11) is -3.62. The molecule has 0 bridgehead atoms. The largest absolute Gasteiger partial charge is 0.449 e. The highest BCUT2D eigenvalue weighted by atomic mass is 32.2. The van der Waals surface area contributed by atoms with Crippen molar-refractivity contribution in [3.63, 3.8) is 0 Å². The van der Waals surface area contributed by atoms with E-state index in [4.69, 9.17) is 4.74 Å². The molecule has 3 N–H and O–H groups in total. The van der Waals surface area contributed by atoms with Crippen LogP contribution < -0.4 is 4.72 Å². The van der Waals surface area contributed by atoms with Gasteiger partial charge in [0.05, 0.1) is 24.1 Å². The third-order valence-corrected chi connectivity index (χ3v) is 14.5. The van der Waals surface area contributed by atoms with Gasteiger partial charge in [0.1, 0.15) is 0 Å². The lowest BCUT2D eigenvalue weighted by molar-refractivity contribution is -0.203. The van der Waals surface area contributed by atoms with E-state index in [1.54, 1.807) is 0 Å². The number of amides is 1. The van der Waals surface area contributed by atoms with E-state index in [9.17, 15) is 23.4 Å². The molecule has 0 heterocycles. The van der Waals surface area contributed by atoms with Crippen LogP contribution in [0.4, 0.5) is 4.79 Å². The first kappa shape index (κ1) is 28.7. The summed E-state index contributed by atoms with van der Waals surface area (Å²) in [5, 5.41) is 21.9. The lowest BCUT2D eigenvalue weighted by atomic mass is 9.41. The van der Waals surface area contributed by atoms with Gasteiger partial charge in [0.25, 0.3) is 0 Å². The van der Waals surface area contributed by atoms with Gasteiger partial charge in [-0.15, -0.1) is 0 Å². The molecule has 7 nitrogen and oxygen atoms in total. The Morgan fingerprint density at radius 2 is 1.68 bits per heavy atom. The maximum Gasteiger partial charge on any atom is 0.420 e. The predicted molar refractivity (Wildman–Crippen MR) is 147 cm³/mol. The van der Waals surface area contributed by atoms with E-state index in [2.05, 4.69) is 32.4 Å². The van der Waals surface area contributed by atoms with E-state index in [0.29, 0.717) is 48.3 Å². The summed E-state index contributed by atoms with van der Waals surface area (Å²) in [5.74, 6) is 2.88. The summed E-state index contributed by atoms with van der Waals surface area (Å²) < 4.78 is 31.8. The van der Waals surface area contributed by atoms with E-state index in [0.717, 1.165) is 57.8 Å². The minimum absolute atomic E-state index is 0.160. The van der Waals surface area contributed by atoms with E-state index >= 15 is 0 Å². The quantitative estimate of drug-likeness (QED) is 0.397. The molecule has 38 heavy (non-hydrogen) atoms. The summed E-state index contributed by atoms with van der Waals surface area (Å²) in [5.41, 5.74) is 0.364. The Hall–Kier alpha value is -0.860. The highest BCUT2D eigenvalue weighted by Crippen LogP contribution is 2.69. The first-order valence-electron chi connectivity index (χ1n) is 15.5. The van der Waals surface area contributed by atoms with Gasteiger partial charge in [0.2, 0.25) is 10.0 Å². The van der Waals surface area contributed by atoms with Gasteiger partial charge < -0.3 is 14.9 Å². The molecule has 5 aliphatic carbocycles. The molecule has 5 rings (SSSR count). The van der Waals surface area contributed by atoms with Crippen molar-refractivity contribution < 1.29 is 28.2 Å². The number of nitrogens with one attached hydrogen (secondary N) is 1. The second-order valence-electron chi connectivity index (χ2n) is 14.2. The average molecular weight is 554 g/mol. The van der Waals surface area contributed by atoms with Crippen LogP contribution in [0.5, 0.6) is 0 Å². The predicted octanol–water partition coefficient (Wildman–Crippen LogP) is 5.25. The molecule has 5 fully saturated rings. The van der Waals surface area contributed by atoms with Crippen molar-refractivity contribution in [1.82, 2.24) is 4.72 Å². The fourth-order valence-corrected chi connectivity index (χ4v) is 11.8. The third kappa shape index (κ3) is 4.72. The van der Waals surface area contributed by atoms with Gasteiger partial charge in [0, 0.05) is 0 Å². The Balaban J connectivity index is 1.23. The fraction of sp³-hybridized carbons (Fsp3) is 0.967. The minimum atomic E-state index is -3.62. The number of hydrogen-bond donors (Lipinski definition) is 3. The third-order valence-electron chi connectivity index (χ3n) is 12.7. The van der Waals surface area contributed by atoms with Crippen molar-refractivity contribution in [2.45, 2.75) is 122 Å². The molecule has 0 spiro atoms. The molecule has 0 aromatic heterocycles. The summed E-state index contributed by atoms with van der Waals surface area (Å²) in [6.07, 6.45) is 9.82. The Bertz CT molecular complexity index is 983. The topological polar surface area (TPSA) is 113 Å². The van der Waals surface area contributed by atoms with Crippen molar-refractivity contribution in [3.8, 4) is 0 Å². The molecular formula is C30H51NO6S. The fourth-order valence-electron chi connectivity index (χ4n) is 10.4. The normalized spacial score (nSPS) is 45.7. The molecule has 218 valence electrons. The lowest BCUT2D eigenvalue weighted by Crippen LogP contribution is -2.62. The molecule has 5 saturated carbocycles. The van der Waals surface area contributed by atoms with E-state index < -0.39 is 21.4 Å². The van der Waals surface area contributed by atoms with Gasteiger partial charge in [-0.3, -0.25) is 0 Å². The van der Waals surface area contributed by atoms with Gasteiger partial charge in [0.15, 0.2) is 0 Å². The summed E-state index contributed by atoms with van der Waals surface area (Å²) in [6, 6.07) is 0. The lowest BCUT2D eigenvalue weighted by Gasteiger charge is -2.64. The standard InChI is InChI=1S/C30H51NO6S/c1-5-21-25-17-19(32)11-14-30(25,4)24-12-15-29(3)22(9-10-23(29)26(24)27(21)33)18(2)13-16-37-28(34)31-38(35,36)20-7-6-8-20/h18-27,32-33H,5-17H2,1-4H3,(H,31,34)/t18-,19-,21-,22-,23+,24+,25?,26+,27-,29-,30?/m1/s1. The minimum Gasteiger partial charge on any atom is -0.449 e.